The molecule has 20 heavy (non-hydrogen) atoms. The van der Waals surface area contributed by atoms with Crippen LogP contribution in [0.25, 0.3) is 0 Å². The lowest BCUT2D eigenvalue weighted by Crippen LogP contribution is -2.53. The largest absolute Gasteiger partial charge is 0.374 e. The van der Waals surface area contributed by atoms with Gasteiger partial charge in [0.1, 0.15) is 5.82 Å². The summed E-state index contributed by atoms with van der Waals surface area (Å²) in [7, 11) is 0. The average Bonchev–Trinajstić information content (AvgIpc) is 2.42. The Labute approximate surface area is 128 Å². The molecule has 0 bridgehead atoms. The second kappa shape index (κ2) is 6.98. The number of nitrogens with two attached hydrogens (primary N) is 1. The quantitative estimate of drug-likeness (QED) is 0.912. The van der Waals surface area contributed by atoms with Crippen molar-refractivity contribution < 1.29 is 9.13 Å². The molecule has 0 aliphatic carbocycles. The maximum atomic E-state index is 13.1. The third-order valence-corrected chi connectivity index (χ3v) is 4.54. The maximum absolute atomic E-state index is 13.1. The van der Waals surface area contributed by atoms with Crippen molar-refractivity contribution in [1.29, 1.82) is 0 Å². The van der Waals surface area contributed by atoms with Crippen LogP contribution in [-0.4, -0.2) is 42.8 Å². The third-order valence-electron chi connectivity index (χ3n) is 3.80. The first kappa shape index (κ1) is 15.9. The van der Waals surface area contributed by atoms with Crippen LogP contribution in [0, 0.1) is 5.82 Å². The molecule has 1 heterocycles. The van der Waals surface area contributed by atoms with Crippen LogP contribution in [0.1, 0.15) is 19.4 Å². The van der Waals surface area contributed by atoms with Gasteiger partial charge in [-0.25, -0.2) is 4.39 Å². The van der Waals surface area contributed by atoms with Crippen LogP contribution >= 0.6 is 15.9 Å². The summed E-state index contributed by atoms with van der Waals surface area (Å²) < 4.78 is 19.7. The molecule has 2 rings (SSSR count). The monoisotopic (exact) mass is 344 g/mol. The second-order valence-corrected chi connectivity index (χ2v) is 6.46. The van der Waals surface area contributed by atoms with Gasteiger partial charge in [0.15, 0.2) is 0 Å². The van der Waals surface area contributed by atoms with E-state index in [1.807, 2.05) is 0 Å². The molecule has 2 N–H and O–H groups in total. The summed E-state index contributed by atoms with van der Waals surface area (Å²) in [6.45, 7) is 6.91. The van der Waals surface area contributed by atoms with E-state index in [-0.39, 0.29) is 18.0 Å². The van der Waals surface area contributed by atoms with Crippen LogP contribution in [0.5, 0.6) is 0 Å². The van der Waals surface area contributed by atoms with E-state index in [0.29, 0.717) is 12.5 Å². The lowest BCUT2D eigenvalue weighted by molar-refractivity contribution is -0.0495. The van der Waals surface area contributed by atoms with Gasteiger partial charge in [-0.15, -0.1) is 0 Å². The fraction of sp³-hybridized carbons (Fsp3) is 0.600. The number of morpholine rings is 1. The molecule has 1 aromatic rings. The molecule has 0 amide bonds. The van der Waals surface area contributed by atoms with Gasteiger partial charge in [-0.05, 0) is 38.0 Å². The van der Waals surface area contributed by atoms with Gasteiger partial charge in [-0.1, -0.05) is 22.0 Å². The molecule has 3 nitrogen and oxygen atoms in total. The van der Waals surface area contributed by atoms with Crippen molar-refractivity contribution in [2.75, 3.05) is 19.7 Å². The smallest absolute Gasteiger partial charge is 0.124 e. The van der Waals surface area contributed by atoms with Gasteiger partial charge in [0.05, 0.1) is 12.7 Å². The highest BCUT2D eigenvalue weighted by molar-refractivity contribution is 9.10. The molecule has 1 saturated heterocycles. The van der Waals surface area contributed by atoms with E-state index >= 15 is 0 Å². The second-order valence-electron chi connectivity index (χ2n) is 5.60. The molecule has 5 heteroatoms. The Morgan fingerprint density at radius 2 is 2.25 bits per heavy atom. The minimum absolute atomic E-state index is 0.0307. The van der Waals surface area contributed by atoms with Gasteiger partial charge in [-0.3, -0.25) is 4.90 Å². The van der Waals surface area contributed by atoms with Crippen molar-refractivity contribution in [3.63, 3.8) is 0 Å². The minimum Gasteiger partial charge on any atom is -0.374 e. The number of rotatable bonds is 4. The van der Waals surface area contributed by atoms with Gasteiger partial charge in [0.25, 0.3) is 0 Å². The molecular weight excluding hydrogens is 323 g/mol. The Morgan fingerprint density at radius 1 is 1.50 bits per heavy atom. The van der Waals surface area contributed by atoms with Gasteiger partial charge in [0, 0.05) is 29.6 Å². The van der Waals surface area contributed by atoms with Crippen molar-refractivity contribution in [1.82, 2.24) is 4.90 Å². The van der Waals surface area contributed by atoms with Crippen molar-refractivity contribution in [2.24, 2.45) is 5.73 Å². The van der Waals surface area contributed by atoms with Gasteiger partial charge in [-0.2, -0.15) is 0 Å². The third kappa shape index (κ3) is 4.01. The summed E-state index contributed by atoms with van der Waals surface area (Å²) in [5.74, 6) is -0.242. The van der Waals surface area contributed by atoms with Crippen molar-refractivity contribution in [2.45, 2.75) is 38.5 Å². The van der Waals surface area contributed by atoms with E-state index in [9.17, 15) is 4.39 Å². The Morgan fingerprint density at radius 3 is 2.90 bits per heavy atom. The number of halogens is 2. The van der Waals surface area contributed by atoms with Crippen LogP contribution in [-0.2, 0) is 11.2 Å². The molecule has 1 aromatic carbocycles. The predicted octanol–water partition coefficient (Wildman–Crippen LogP) is 2.57. The standard InChI is InChI=1S/C15H22BrFN2O/c1-10(2)19-5-6-20-15(9-19)14(18)7-11-3-4-12(17)8-13(11)16/h3-4,8,10,14-15H,5-7,9,18H2,1-2H3. The van der Waals surface area contributed by atoms with E-state index in [1.165, 1.54) is 12.1 Å². The molecule has 112 valence electrons. The van der Waals surface area contributed by atoms with Crippen LogP contribution in [0.2, 0.25) is 0 Å². The molecule has 0 aromatic heterocycles. The van der Waals surface area contributed by atoms with E-state index in [1.54, 1.807) is 6.07 Å². The van der Waals surface area contributed by atoms with Crippen LogP contribution < -0.4 is 5.73 Å². The molecule has 1 fully saturated rings. The lowest BCUT2D eigenvalue weighted by atomic mass is 10.0. The summed E-state index contributed by atoms with van der Waals surface area (Å²) in [5, 5.41) is 0. The molecule has 0 saturated carbocycles. The van der Waals surface area contributed by atoms with Crippen LogP contribution in [0.3, 0.4) is 0 Å². The van der Waals surface area contributed by atoms with Gasteiger partial charge in [0.2, 0.25) is 0 Å². The zero-order chi connectivity index (χ0) is 14.7. The first-order chi connectivity index (χ1) is 9.47. The summed E-state index contributed by atoms with van der Waals surface area (Å²) >= 11 is 3.39. The number of ether oxygens (including phenoxy) is 1. The molecule has 0 radical (unpaired) electrons. The number of hydrogen-bond acceptors (Lipinski definition) is 3. The number of hydrogen-bond donors (Lipinski definition) is 1. The molecular formula is C15H22BrFN2O. The molecule has 2 unspecified atom stereocenters. The molecule has 0 spiro atoms. The van der Waals surface area contributed by atoms with Crippen molar-refractivity contribution in [3.05, 3.63) is 34.1 Å². The normalized spacial score (nSPS) is 22.2. The average molecular weight is 345 g/mol. The number of nitrogens with zero attached hydrogens (tertiary/aromatic N) is 1. The van der Waals surface area contributed by atoms with E-state index in [4.69, 9.17) is 10.5 Å². The summed E-state index contributed by atoms with van der Waals surface area (Å²) in [5.41, 5.74) is 7.30. The predicted molar refractivity (Wildman–Crippen MR) is 82.2 cm³/mol. The highest BCUT2D eigenvalue weighted by atomic mass is 79.9. The summed E-state index contributed by atoms with van der Waals surface area (Å²) in [6, 6.07) is 5.14. The zero-order valence-electron chi connectivity index (χ0n) is 12.0. The van der Waals surface area contributed by atoms with E-state index in [2.05, 4.69) is 34.7 Å². The highest BCUT2D eigenvalue weighted by Crippen LogP contribution is 2.21. The molecule has 2 atom stereocenters. The highest BCUT2D eigenvalue weighted by Gasteiger charge is 2.27. The summed E-state index contributed by atoms with van der Waals surface area (Å²) in [6.07, 6.45) is 0.709. The van der Waals surface area contributed by atoms with Crippen molar-refractivity contribution >= 4 is 15.9 Å². The number of benzene rings is 1. The maximum Gasteiger partial charge on any atom is 0.124 e. The first-order valence-corrected chi connectivity index (χ1v) is 7.82. The SMILES string of the molecule is CC(C)N1CCOC(C(N)Cc2ccc(F)cc2Br)C1. The van der Waals surface area contributed by atoms with Gasteiger partial charge >= 0.3 is 0 Å². The van der Waals surface area contributed by atoms with Crippen molar-refractivity contribution in [3.8, 4) is 0 Å². The molecule has 1 aliphatic heterocycles. The Bertz CT molecular complexity index is 455. The topological polar surface area (TPSA) is 38.5 Å². The molecule has 1 aliphatic rings. The Hall–Kier alpha value is -0.490. The minimum atomic E-state index is -0.242. The summed E-state index contributed by atoms with van der Waals surface area (Å²) in [4.78, 5) is 2.38. The fourth-order valence-corrected chi connectivity index (χ4v) is 3.01. The lowest BCUT2D eigenvalue weighted by Gasteiger charge is -2.38. The zero-order valence-corrected chi connectivity index (χ0v) is 13.6. The Balaban J connectivity index is 1.98. The van der Waals surface area contributed by atoms with Crippen LogP contribution in [0.15, 0.2) is 22.7 Å². The van der Waals surface area contributed by atoms with E-state index < -0.39 is 0 Å². The van der Waals surface area contributed by atoms with Gasteiger partial charge < -0.3 is 10.5 Å². The fourth-order valence-electron chi connectivity index (χ4n) is 2.50. The van der Waals surface area contributed by atoms with Crippen LogP contribution in [0.4, 0.5) is 4.39 Å². The first-order valence-electron chi connectivity index (χ1n) is 7.02. The van der Waals surface area contributed by atoms with E-state index in [0.717, 1.165) is 29.7 Å². The Kier molecular flexibility index (Phi) is 5.55.